The van der Waals surface area contributed by atoms with Crippen molar-refractivity contribution in [3.63, 3.8) is 0 Å². The van der Waals surface area contributed by atoms with Crippen molar-refractivity contribution in [1.29, 1.82) is 0 Å². The lowest BCUT2D eigenvalue weighted by Gasteiger charge is -2.41. The van der Waals surface area contributed by atoms with Crippen molar-refractivity contribution in [2.24, 2.45) is 0 Å². The highest BCUT2D eigenvalue weighted by molar-refractivity contribution is 5.79. The van der Waals surface area contributed by atoms with E-state index in [2.05, 4.69) is 28.7 Å². The summed E-state index contributed by atoms with van der Waals surface area (Å²) in [5, 5.41) is 0. The lowest BCUT2D eigenvalue weighted by molar-refractivity contribution is -0.139. The van der Waals surface area contributed by atoms with E-state index in [0.29, 0.717) is 18.5 Å². The van der Waals surface area contributed by atoms with Crippen LogP contribution in [0.2, 0.25) is 0 Å². The molecule has 2 heterocycles. The number of hydrogen-bond acceptors (Lipinski definition) is 3. The first kappa shape index (κ1) is 15.4. The minimum absolute atomic E-state index is 0.336. The number of likely N-dealkylation sites (N-methyl/N-ethyl adjacent to an activating group) is 1. The molecule has 0 atom stereocenters. The van der Waals surface area contributed by atoms with Gasteiger partial charge in [-0.2, -0.15) is 0 Å². The molecule has 0 aliphatic carbocycles. The second-order valence-corrected chi connectivity index (χ2v) is 4.99. The minimum Gasteiger partial charge on any atom is -0.337 e. The molecule has 0 bridgehead atoms. The van der Waals surface area contributed by atoms with Gasteiger partial charge in [-0.1, -0.05) is 20.8 Å². The third-order valence-electron chi connectivity index (χ3n) is 3.91. The third kappa shape index (κ3) is 3.95. The van der Waals surface area contributed by atoms with Crippen LogP contribution >= 0.6 is 0 Å². The average Bonchev–Trinajstić information content (AvgIpc) is 2.42. The van der Waals surface area contributed by atoms with Gasteiger partial charge < -0.3 is 9.80 Å². The van der Waals surface area contributed by atoms with Crippen LogP contribution in [0.25, 0.3) is 0 Å². The van der Waals surface area contributed by atoms with Gasteiger partial charge in [0.25, 0.3) is 0 Å². The molecule has 2 aliphatic heterocycles. The Balaban J connectivity index is 0.000000771. The van der Waals surface area contributed by atoms with Gasteiger partial charge in [-0.25, -0.2) is 0 Å². The molecule has 18 heavy (non-hydrogen) atoms. The fourth-order valence-electron chi connectivity index (χ4n) is 2.70. The van der Waals surface area contributed by atoms with Crippen molar-refractivity contribution in [2.45, 2.75) is 39.7 Å². The van der Waals surface area contributed by atoms with E-state index >= 15 is 0 Å². The fraction of sp³-hybridized carbons (Fsp3) is 0.929. The highest BCUT2D eigenvalue weighted by Gasteiger charge is 2.30. The maximum atomic E-state index is 12.0. The molecule has 0 unspecified atom stereocenters. The molecule has 4 nitrogen and oxygen atoms in total. The maximum absolute atomic E-state index is 12.0. The van der Waals surface area contributed by atoms with Crippen LogP contribution in [0.15, 0.2) is 0 Å². The molecule has 2 fully saturated rings. The molecular formula is C14H29N3O. The summed E-state index contributed by atoms with van der Waals surface area (Å²) in [7, 11) is 2.16. The van der Waals surface area contributed by atoms with Gasteiger partial charge in [-0.05, 0) is 39.5 Å². The molecule has 0 aromatic rings. The maximum Gasteiger partial charge on any atom is 0.237 e. The third-order valence-corrected chi connectivity index (χ3v) is 3.91. The average molecular weight is 255 g/mol. The van der Waals surface area contributed by atoms with E-state index in [-0.39, 0.29) is 0 Å². The van der Waals surface area contributed by atoms with Gasteiger partial charge in [0.05, 0.1) is 6.54 Å². The SMILES string of the molecule is CC.CCN1CCN(C2CCN(C)CC2)C(=O)C1. The normalized spacial score (nSPS) is 23.8. The van der Waals surface area contributed by atoms with E-state index in [1.54, 1.807) is 0 Å². The first-order valence-corrected chi connectivity index (χ1v) is 7.41. The highest BCUT2D eigenvalue weighted by Crippen LogP contribution is 2.17. The predicted molar refractivity (Wildman–Crippen MR) is 75.7 cm³/mol. The summed E-state index contributed by atoms with van der Waals surface area (Å²) in [4.78, 5) is 18.7. The Labute approximate surface area is 112 Å². The molecule has 0 aromatic carbocycles. The molecule has 106 valence electrons. The first-order valence-electron chi connectivity index (χ1n) is 7.41. The molecule has 1 amide bonds. The Morgan fingerprint density at radius 3 is 2.22 bits per heavy atom. The van der Waals surface area contributed by atoms with Gasteiger partial charge in [0, 0.05) is 19.1 Å². The Hall–Kier alpha value is -0.610. The molecule has 2 rings (SSSR count). The van der Waals surface area contributed by atoms with Crippen LogP contribution in [0, 0.1) is 0 Å². The van der Waals surface area contributed by atoms with Crippen LogP contribution in [0.5, 0.6) is 0 Å². The van der Waals surface area contributed by atoms with Crippen molar-refractivity contribution in [3.8, 4) is 0 Å². The summed E-state index contributed by atoms with van der Waals surface area (Å²) >= 11 is 0. The number of likely N-dealkylation sites (tertiary alicyclic amines) is 1. The molecule has 0 aromatic heterocycles. The van der Waals surface area contributed by atoms with Crippen LogP contribution in [0.4, 0.5) is 0 Å². The quantitative estimate of drug-likeness (QED) is 0.743. The van der Waals surface area contributed by atoms with Crippen LogP contribution in [-0.2, 0) is 4.79 Å². The first-order chi connectivity index (χ1) is 8.70. The highest BCUT2D eigenvalue weighted by atomic mass is 16.2. The summed E-state index contributed by atoms with van der Waals surface area (Å²) in [6.07, 6.45) is 2.29. The van der Waals surface area contributed by atoms with E-state index in [0.717, 1.165) is 45.6 Å². The van der Waals surface area contributed by atoms with Crippen molar-refractivity contribution >= 4 is 5.91 Å². The van der Waals surface area contributed by atoms with E-state index in [4.69, 9.17) is 0 Å². The molecule has 2 saturated heterocycles. The predicted octanol–water partition coefficient (Wildman–Crippen LogP) is 1.27. The topological polar surface area (TPSA) is 26.8 Å². The van der Waals surface area contributed by atoms with Crippen molar-refractivity contribution < 1.29 is 4.79 Å². The largest absolute Gasteiger partial charge is 0.337 e. The van der Waals surface area contributed by atoms with Gasteiger partial charge in [-0.15, -0.1) is 0 Å². The van der Waals surface area contributed by atoms with Gasteiger partial charge >= 0.3 is 0 Å². The summed E-state index contributed by atoms with van der Waals surface area (Å²) in [5.74, 6) is 0.336. The Morgan fingerprint density at radius 2 is 1.72 bits per heavy atom. The van der Waals surface area contributed by atoms with E-state index < -0.39 is 0 Å². The molecule has 0 N–H and O–H groups in total. The second-order valence-electron chi connectivity index (χ2n) is 4.99. The molecule has 0 spiro atoms. The van der Waals surface area contributed by atoms with Crippen LogP contribution in [-0.4, -0.2) is 73.0 Å². The standard InChI is InChI=1S/C12H23N3O.C2H6/c1-3-14-8-9-15(12(16)10-14)11-4-6-13(2)7-5-11;1-2/h11H,3-10H2,1-2H3;1-2H3. The van der Waals surface area contributed by atoms with Crippen LogP contribution in [0.3, 0.4) is 0 Å². The number of carbonyl (C=O) groups is 1. The van der Waals surface area contributed by atoms with Crippen molar-refractivity contribution in [2.75, 3.05) is 46.3 Å². The second kappa shape index (κ2) is 7.74. The molecule has 4 heteroatoms. The zero-order valence-corrected chi connectivity index (χ0v) is 12.5. The lowest BCUT2D eigenvalue weighted by atomic mass is 10.0. The molecular weight excluding hydrogens is 226 g/mol. The Bertz CT molecular complexity index is 249. The van der Waals surface area contributed by atoms with Crippen molar-refractivity contribution in [1.82, 2.24) is 14.7 Å². The summed E-state index contributed by atoms with van der Waals surface area (Å²) < 4.78 is 0. The number of hydrogen-bond donors (Lipinski definition) is 0. The number of piperidine rings is 1. The zero-order chi connectivity index (χ0) is 13.5. The summed E-state index contributed by atoms with van der Waals surface area (Å²) in [5.41, 5.74) is 0. The number of rotatable bonds is 2. The van der Waals surface area contributed by atoms with Crippen LogP contribution in [0.1, 0.15) is 33.6 Å². The fourth-order valence-corrected chi connectivity index (χ4v) is 2.70. The number of carbonyl (C=O) groups excluding carboxylic acids is 1. The lowest BCUT2D eigenvalue weighted by Crippen LogP contribution is -2.55. The van der Waals surface area contributed by atoms with Gasteiger partial charge in [0.15, 0.2) is 0 Å². The summed E-state index contributed by atoms with van der Waals surface area (Å²) in [6, 6.07) is 0.503. The number of piperazine rings is 1. The van der Waals surface area contributed by atoms with Crippen LogP contribution < -0.4 is 0 Å². The van der Waals surface area contributed by atoms with Gasteiger partial charge in [0.2, 0.25) is 5.91 Å². The van der Waals surface area contributed by atoms with E-state index in [9.17, 15) is 4.79 Å². The Morgan fingerprint density at radius 1 is 1.11 bits per heavy atom. The molecule has 2 aliphatic rings. The smallest absolute Gasteiger partial charge is 0.237 e. The number of amides is 1. The van der Waals surface area contributed by atoms with Gasteiger partial charge in [0.1, 0.15) is 0 Å². The number of nitrogens with zero attached hydrogens (tertiary/aromatic N) is 3. The zero-order valence-electron chi connectivity index (χ0n) is 12.5. The summed E-state index contributed by atoms with van der Waals surface area (Å²) in [6.45, 7) is 12.0. The molecule has 0 radical (unpaired) electrons. The van der Waals surface area contributed by atoms with Gasteiger partial charge in [-0.3, -0.25) is 9.69 Å². The van der Waals surface area contributed by atoms with Crippen molar-refractivity contribution in [3.05, 3.63) is 0 Å². The minimum atomic E-state index is 0.336. The Kier molecular flexibility index (Phi) is 6.65. The molecule has 0 saturated carbocycles. The van der Waals surface area contributed by atoms with E-state index in [1.807, 2.05) is 13.8 Å². The van der Waals surface area contributed by atoms with E-state index in [1.165, 1.54) is 0 Å². The monoisotopic (exact) mass is 255 g/mol.